The van der Waals surface area contributed by atoms with E-state index in [-0.39, 0.29) is 11.7 Å². The Bertz CT molecular complexity index is 387. The van der Waals surface area contributed by atoms with Crippen molar-refractivity contribution in [3.63, 3.8) is 0 Å². The summed E-state index contributed by atoms with van der Waals surface area (Å²) in [4.78, 5) is 14.8. The summed E-state index contributed by atoms with van der Waals surface area (Å²) in [6.45, 7) is 0. The third kappa shape index (κ3) is 3.60. The van der Waals surface area contributed by atoms with Gasteiger partial charge in [0.15, 0.2) is 0 Å². The molecule has 4 nitrogen and oxygen atoms in total. The van der Waals surface area contributed by atoms with Crippen molar-refractivity contribution >= 4 is 17.7 Å². The standard InChI is InChI=1S/C10H10N2O2S/c1-14-10(13)7-15-6-8-3-2-4-12-9(8)5-11/h2-4H,6-7H2,1H3. The van der Waals surface area contributed by atoms with Crippen molar-refractivity contribution in [1.82, 2.24) is 4.98 Å². The Morgan fingerprint density at radius 3 is 3.20 bits per heavy atom. The zero-order chi connectivity index (χ0) is 11.1. The van der Waals surface area contributed by atoms with Gasteiger partial charge in [0.2, 0.25) is 0 Å². The van der Waals surface area contributed by atoms with E-state index in [9.17, 15) is 4.79 Å². The molecule has 0 aliphatic rings. The fraction of sp³-hybridized carbons (Fsp3) is 0.300. The molecule has 0 amide bonds. The molecule has 0 aliphatic heterocycles. The molecule has 0 aromatic carbocycles. The number of pyridine rings is 1. The highest BCUT2D eigenvalue weighted by Crippen LogP contribution is 2.14. The minimum Gasteiger partial charge on any atom is -0.468 e. The number of carbonyl (C=O) groups is 1. The third-order valence-corrected chi connectivity index (χ3v) is 2.66. The van der Waals surface area contributed by atoms with Gasteiger partial charge in [-0.2, -0.15) is 5.26 Å². The first-order valence-corrected chi connectivity index (χ1v) is 5.42. The molecule has 15 heavy (non-hydrogen) atoms. The van der Waals surface area contributed by atoms with E-state index in [1.54, 1.807) is 12.3 Å². The van der Waals surface area contributed by atoms with E-state index in [1.807, 2.05) is 12.1 Å². The molecule has 1 rings (SSSR count). The van der Waals surface area contributed by atoms with Crippen molar-refractivity contribution in [2.75, 3.05) is 12.9 Å². The van der Waals surface area contributed by atoms with Gasteiger partial charge in [0.05, 0.1) is 12.9 Å². The average Bonchev–Trinajstić information content (AvgIpc) is 2.29. The largest absolute Gasteiger partial charge is 0.468 e. The predicted molar refractivity (Wildman–Crippen MR) is 57.1 cm³/mol. The molecule has 0 unspecified atom stereocenters. The number of nitrogens with zero attached hydrogens (tertiary/aromatic N) is 2. The maximum atomic E-state index is 10.8. The topological polar surface area (TPSA) is 63.0 Å². The van der Waals surface area contributed by atoms with Crippen molar-refractivity contribution in [3.8, 4) is 6.07 Å². The van der Waals surface area contributed by atoms with Crippen LogP contribution < -0.4 is 0 Å². The molecular weight excluding hydrogens is 212 g/mol. The summed E-state index contributed by atoms with van der Waals surface area (Å²) in [5, 5.41) is 8.76. The van der Waals surface area contributed by atoms with Crippen LogP contribution in [-0.2, 0) is 15.3 Å². The highest BCUT2D eigenvalue weighted by molar-refractivity contribution is 7.99. The summed E-state index contributed by atoms with van der Waals surface area (Å²) in [6, 6.07) is 5.61. The summed E-state index contributed by atoms with van der Waals surface area (Å²) < 4.78 is 4.50. The lowest BCUT2D eigenvalue weighted by Crippen LogP contribution is -2.03. The smallest absolute Gasteiger partial charge is 0.315 e. The number of ether oxygens (including phenoxy) is 1. The molecule has 0 N–H and O–H groups in total. The lowest BCUT2D eigenvalue weighted by Gasteiger charge is -2.01. The van der Waals surface area contributed by atoms with Gasteiger partial charge < -0.3 is 4.74 Å². The first kappa shape index (κ1) is 11.5. The van der Waals surface area contributed by atoms with Gasteiger partial charge >= 0.3 is 5.97 Å². The van der Waals surface area contributed by atoms with E-state index < -0.39 is 0 Å². The van der Waals surface area contributed by atoms with Gasteiger partial charge in [-0.3, -0.25) is 4.79 Å². The number of carbonyl (C=O) groups excluding carboxylic acids is 1. The molecule has 1 aromatic rings. The van der Waals surface area contributed by atoms with Gasteiger partial charge in [-0.25, -0.2) is 4.98 Å². The lowest BCUT2D eigenvalue weighted by molar-refractivity contribution is -0.137. The quantitative estimate of drug-likeness (QED) is 0.720. The van der Waals surface area contributed by atoms with Gasteiger partial charge in [-0.05, 0) is 11.6 Å². The van der Waals surface area contributed by atoms with Crippen LogP contribution in [0.4, 0.5) is 0 Å². The van der Waals surface area contributed by atoms with Gasteiger partial charge in [0.1, 0.15) is 11.8 Å². The number of rotatable bonds is 4. The van der Waals surface area contributed by atoms with Crippen LogP contribution in [0.25, 0.3) is 0 Å². The molecule has 0 aliphatic carbocycles. The van der Waals surface area contributed by atoms with Gasteiger partial charge in [-0.1, -0.05) is 6.07 Å². The number of hydrogen-bond acceptors (Lipinski definition) is 5. The number of nitriles is 1. The number of aromatic nitrogens is 1. The van der Waals surface area contributed by atoms with Crippen molar-refractivity contribution < 1.29 is 9.53 Å². The van der Waals surface area contributed by atoms with Crippen molar-refractivity contribution in [3.05, 3.63) is 29.6 Å². The Hall–Kier alpha value is -1.54. The van der Waals surface area contributed by atoms with Gasteiger partial charge in [0.25, 0.3) is 0 Å². The molecule has 0 bridgehead atoms. The van der Waals surface area contributed by atoms with Crippen molar-refractivity contribution in [2.24, 2.45) is 0 Å². The highest BCUT2D eigenvalue weighted by Gasteiger charge is 2.04. The fourth-order valence-electron chi connectivity index (χ4n) is 0.959. The minimum absolute atomic E-state index is 0.262. The molecule has 0 saturated carbocycles. The van der Waals surface area contributed by atoms with Crippen LogP contribution >= 0.6 is 11.8 Å². The molecule has 0 fully saturated rings. The van der Waals surface area contributed by atoms with Gasteiger partial charge in [-0.15, -0.1) is 11.8 Å². The van der Waals surface area contributed by atoms with Crippen molar-refractivity contribution in [1.29, 1.82) is 5.26 Å². The Balaban J connectivity index is 2.51. The number of methoxy groups -OCH3 is 1. The Morgan fingerprint density at radius 1 is 1.73 bits per heavy atom. The molecule has 0 radical (unpaired) electrons. The fourth-order valence-corrected chi connectivity index (χ4v) is 1.80. The van der Waals surface area contributed by atoms with Crippen LogP contribution in [0, 0.1) is 11.3 Å². The summed E-state index contributed by atoms with van der Waals surface area (Å²) >= 11 is 1.40. The monoisotopic (exact) mass is 222 g/mol. The second-order valence-electron chi connectivity index (χ2n) is 2.69. The Labute approximate surface area is 92.3 Å². The second-order valence-corrected chi connectivity index (χ2v) is 3.68. The van der Waals surface area contributed by atoms with Crippen LogP contribution in [0.2, 0.25) is 0 Å². The summed E-state index contributed by atoms with van der Waals surface area (Å²) in [7, 11) is 1.35. The Morgan fingerprint density at radius 2 is 2.53 bits per heavy atom. The van der Waals surface area contributed by atoms with Gasteiger partial charge in [0, 0.05) is 11.9 Å². The first-order valence-electron chi connectivity index (χ1n) is 4.26. The van der Waals surface area contributed by atoms with E-state index in [0.717, 1.165) is 5.56 Å². The highest BCUT2D eigenvalue weighted by atomic mass is 32.2. The van der Waals surface area contributed by atoms with Crippen LogP contribution in [0.5, 0.6) is 0 Å². The molecular formula is C10H10N2O2S. The lowest BCUT2D eigenvalue weighted by atomic mass is 10.2. The zero-order valence-electron chi connectivity index (χ0n) is 8.27. The van der Waals surface area contributed by atoms with Crippen LogP contribution in [0.3, 0.4) is 0 Å². The van der Waals surface area contributed by atoms with E-state index in [4.69, 9.17) is 5.26 Å². The molecule has 0 spiro atoms. The molecule has 5 heteroatoms. The second kappa shape index (κ2) is 6.04. The van der Waals surface area contributed by atoms with Crippen LogP contribution in [0.1, 0.15) is 11.3 Å². The number of esters is 1. The van der Waals surface area contributed by atoms with E-state index >= 15 is 0 Å². The van der Waals surface area contributed by atoms with E-state index in [0.29, 0.717) is 11.4 Å². The maximum Gasteiger partial charge on any atom is 0.315 e. The maximum absolute atomic E-state index is 10.8. The molecule has 0 atom stereocenters. The average molecular weight is 222 g/mol. The third-order valence-electron chi connectivity index (χ3n) is 1.70. The normalized spacial score (nSPS) is 9.33. The molecule has 1 aromatic heterocycles. The minimum atomic E-state index is -0.262. The predicted octanol–water partition coefficient (Wildman–Crippen LogP) is 1.36. The SMILES string of the molecule is COC(=O)CSCc1cccnc1C#N. The zero-order valence-corrected chi connectivity index (χ0v) is 9.08. The van der Waals surface area contributed by atoms with Crippen LogP contribution in [-0.4, -0.2) is 23.8 Å². The van der Waals surface area contributed by atoms with E-state index in [1.165, 1.54) is 18.9 Å². The van der Waals surface area contributed by atoms with Crippen molar-refractivity contribution in [2.45, 2.75) is 5.75 Å². The summed E-state index contributed by atoms with van der Waals surface area (Å²) in [5.41, 5.74) is 1.25. The summed E-state index contributed by atoms with van der Waals surface area (Å²) in [6.07, 6.45) is 1.58. The number of hydrogen-bond donors (Lipinski definition) is 0. The first-order chi connectivity index (χ1) is 7.27. The Kier molecular flexibility index (Phi) is 4.64. The molecule has 0 saturated heterocycles. The molecule has 1 heterocycles. The van der Waals surface area contributed by atoms with E-state index in [2.05, 4.69) is 9.72 Å². The molecule has 78 valence electrons. The summed E-state index contributed by atoms with van der Waals surface area (Å²) in [5.74, 6) is 0.615. The number of thioether (sulfide) groups is 1. The van der Waals surface area contributed by atoms with Crippen LogP contribution in [0.15, 0.2) is 18.3 Å².